The van der Waals surface area contributed by atoms with E-state index in [-0.39, 0.29) is 5.78 Å². The van der Waals surface area contributed by atoms with Crippen molar-refractivity contribution in [3.05, 3.63) is 100 Å². The zero-order chi connectivity index (χ0) is 18.8. The summed E-state index contributed by atoms with van der Waals surface area (Å²) in [5.74, 6) is 0.240. The van der Waals surface area contributed by atoms with Gasteiger partial charge in [0.25, 0.3) is 0 Å². The highest BCUT2D eigenvalue weighted by molar-refractivity contribution is 6.13. The zero-order valence-electron chi connectivity index (χ0n) is 14.6. The van der Waals surface area contributed by atoms with Crippen molar-refractivity contribution >= 4 is 16.8 Å². The summed E-state index contributed by atoms with van der Waals surface area (Å²) >= 11 is 0. The molecule has 0 aliphatic rings. The molecule has 0 bridgehead atoms. The molecular weight excluding hydrogens is 340 g/mol. The van der Waals surface area contributed by atoms with E-state index in [1.807, 2.05) is 36.4 Å². The third-order valence-electron chi connectivity index (χ3n) is 4.43. The maximum Gasteiger partial charge on any atom is 0.336 e. The molecule has 0 N–H and O–H groups in total. The summed E-state index contributed by atoms with van der Waals surface area (Å²) in [6, 6.07) is 23.3. The fourth-order valence-electron chi connectivity index (χ4n) is 3.14. The molecule has 132 valence electrons. The first-order chi connectivity index (χ1) is 13.2. The maximum absolute atomic E-state index is 12.9. The number of methoxy groups -OCH3 is 1. The van der Waals surface area contributed by atoms with E-state index in [0.717, 1.165) is 11.1 Å². The molecule has 0 saturated carbocycles. The predicted octanol–water partition coefficient (Wildman–Crippen LogP) is 4.70. The Morgan fingerprint density at radius 3 is 2.22 bits per heavy atom. The van der Waals surface area contributed by atoms with Crippen LogP contribution < -0.4 is 10.4 Å². The van der Waals surface area contributed by atoms with E-state index in [1.54, 1.807) is 36.4 Å². The highest BCUT2D eigenvalue weighted by atomic mass is 16.5. The third-order valence-corrected chi connectivity index (χ3v) is 4.43. The van der Waals surface area contributed by atoms with Gasteiger partial charge in [-0.25, -0.2) is 4.79 Å². The first kappa shape index (κ1) is 16.8. The average molecular weight is 356 g/mol. The monoisotopic (exact) mass is 356 g/mol. The van der Waals surface area contributed by atoms with E-state index in [2.05, 4.69) is 0 Å². The van der Waals surface area contributed by atoms with E-state index < -0.39 is 5.63 Å². The van der Waals surface area contributed by atoms with Crippen LogP contribution >= 0.6 is 0 Å². The largest absolute Gasteiger partial charge is 0.496 e. The Bertz CT molecular complexity index is 1180. The van der Waals surface area contributed by atoms with Crippen LogP contribution in [0.4, 0.5) is 0 Å². The lowest BCUT2D eigenvalue weighted by Crippen LogP contribution is -2.05. The number of benzene rings is 3. The van der Waals surface area contributed by atoms with Crippen LogP contribution in [-0.4, -0.2) is 12.9 Å². The van der Waals surface area contributed by atoms with E-state index in [1.165, 1.54) is 13.2 Å². The highest BCUT2D eigenvalue weighted by Gasteiger charge is 2.18. The summed E-state index contributed by atoms with van der Waals surface area (Å²) in [5, 5.41) is 0.710. The molecule has 3 aromatic carbocycles. The number of carbonyl (C=O) groups excluding carboxylic acids is 1. The van der Waals surface area contributed by atoms with Gasteiger partial charge in [0.15, 0.2) is 5.78 Å². The van der Waals surface area contributed by atoms with Crippen LogP contribution in [-0.2, 0) is 0 Å². The van der Waals surface area contributed by atoms with Crippen molar-refractivity contribution < 1.29 is 13.9 Å². The molecular formula is C23H16O4. The molecule has 4 heteroatoms. The van der Waals surface area contributed by atoms with Crippen LogP contribution in [0.3, 0.4) is 0 Å². The van der Waals surface area contributed by atoms with Gasteiger partial charge in [-0.2, -0.15) is 0 Å². The van der Waals surface area contributed by atoms with Crippen molar-refractivity contribution in [3.8, 4) is 16.9 Å². The molecule has 1 heterocycles. The lowest BCUT2D eigenvalue weighted by molar-refractivity contribution is 0.103. The van der Waals surface area contributed by atoms with Gasteiger partial charge in [-0.3, -0.25) is 4.79 Å². The standard InChI is InChI=1S/C23H16O4/c1-26-20-12-18-17(15-8-4-2-5-9-15)14-22(24)27-21(18)13-19(20)23(25)16-10-6-3-7-11-16/h2-14H,1H3. The van der Waals surface area contributed by atoms with Crippen molar-refractivity contribution in [1.29, 1.82) is 0 Å². The van der Waals surface area contributed by atoms with Crippen molar-refractivity contribution in [1.82, 2.24) is 0 Å². The molecule has 4 rings (SSSR count). The molecule has 27 heavy (non-hydrogen) atoms. The molecule has 0 aliphatic carbocycles. The van der Waals surface area contributed by atoms with Crippen LogP contribution in [0.2, 0.25) is 0 Å². The van der Waals surface area contributed by atoms with Gasteiger partial charge >= 0.3 is 5.63 Å². The summed E-state index contributed by atoms with van der Waals surface area (Å²) in [4.78, 5) is 25.0. The van der Waals surface area contributed by atoms with Gasteiger partial charge in [-0.15, -0.1) is 0 Å². The second-order valence-electron chi connectivity index (χ2n) is 6.09. The summed E-state index contributed by atoms with van der Waals surface area (Å²) in [6.07, 6.45) is 0. The van der Waals surface area contributed by atoms with E-state index in [9.17, 15) is 9.59 Å². The minimum atomic E-state index is -0.468. The van der Waals surface area contributed by atoms with Gasteiger partial charge in [-0.05, 0) is 23.3 Å². The number of ether oxygens (including phenoxy) is 1. The SMILES string of the molecule is COc1cc2c(-c3ccccc3)cc(=O)oc2cc1C(=O)c1ccccc1. The lowest BCUT2D eigenvalue weighted by Gasteiger charge is -2.12. The molecule has 0 aliphatic heterocycles. The average Bonchev–Trinajstić information content (AvgIpc) is 2.73. The number of rotatable bonds is 4. The van der Waals surface area contributed by atoms with Gasteiger partial charge in [0, 0.05) is 17.0 Å². The van der Waals surface area contributed by atoms with Gasteiger partial charge in [0.2, 0.25) is 0 Å². The van der Waals surface area contributed by atoms with Crippen molar-refractivity contribution in [2.75, 3.05) is 7.11 Å². The first-order valence-corrected chi connectivity index (χ1v) is 8.48. The molecule has 4 aromatic rings. The van der Waals surface area contributed by atoms with Gasteiger partial charge < -0.3 is 9.15 Å². The van der Waals surface area contributed by atoms with Gasteiger partial charge in [0.05, 0.1) is 12.7 Å². The quantitative estimate of drug-likeness (QED) is 0.393. The number of fused-ring (bicyclic) bond motifs is 1. The van der Waals surface area contributed by atoms with Crippen molar-refractivity contribution in [3.63, 3.8) is 0 Å². The lowest BCUT2D eigenvalue weighted by atomic mass is 9.97. The highest BCUT2D eigenvalue weighted by Crippen LogP contribution is 2.33. The Morgan fingerprint density at radius 1 is 0.889 bits per heavy atom. The zero-order valence-corrected chi connectivity index (χ0v) is 14.6. The normalized spacial score (nSPS) is 10.7. The van der Waals surface area contributed by atoms with Crippen LogP contribution in [0.15, 0.2) is 88.1 Å². The Kier molecular flexibility index (Phi) is 4.30. The second kappa shape index (κ2) is 6.92. The summed E-state index contributed by atoms with van der Waals surface area (Å²) < 4.78 is 10.9. The van der Waals surface area contributed by atoms with Gasteiger partial charge in [-0.1, -0.05) is 60.7 Å². The molecule has 0 unspecified atom stereocenters. The smallest absolute Gasteiger partial charge is 0.336 e. The molecule has 1 aromatic heterocycles. The molecule has 0 saturated heterocycles. The molecule has 4 nitrogen and oxygen atoms in total. The van der Waals surface area contributed by atoms with Crippen molar-refractivity contribution in [2.45, 2.75) is 0 Å². The predicted molar refractivity (Wildman–Crippen MR) is 104 cm³/mol. The summed E-state index contributed by atoms with van der Waals surface area (Å²) in [5.41, 5.74) is 2.39. The Morgan fingerprint density at radius 2 is 1.56 bits per heavy atom. The van der Waals surface area contributed by atoms with Crippen LogP contribution in [0.25, 0.3) is 22.1 Å². The maximum atomic E-state index is 12.9. The molecule has 0 radical (unpaired) electrons. The number of hydrogen-bond acceptors (Lipinski definition) is 4. The van der Waals surface area contributed by atoms with E-state index >= 15 is 0 Å². The van der Waals surface area contributed by atoms with Crippen molar-refractivity contribution in [2.24, 2.45) is 0 Å². The molecule has 0 atom stereocenters. The molecule has 0 fully saturated rings. The van der Waals surface area contributed by atoms with E-state index in [4.69, 9.17) is 9.15 Å². The number of hydrogen-bond donors (Lipinski definition) is 0. The summed E-state index contributed by atoms with van der Waals surface area (Å²) in [6.45, 7) is 0. The number of carbonyl (C=O) groups is 1. The van der Waals surface area contributed by atoms with Crippen LogP contribution in [0.1, 0.15) is 15.9 Å². The summed E-state index contributed by atoms with van der Waals surface area (Å²) in [7, 11) is 1.52. The van der Waals surface area contributed by atoms with E-state index in [0.29, 0.717) is 27.8 Å². The second-order valence-corrected chi connectivity index (χ2v) is 6.09. The van der Waals surface area contributed by atoms with Crippen LogP contribution in [0.5, 0.6) is 5.75 Å². The Balaban J connectivity index is 1.96. The first-order valence-electron chi connectivity index (χ1n) is 8.48. The van der Waals surface area contributed by atoms with Gasteiger partial charge in [0.1, 0.15) is 11.3 Å². The molecule has 0 amide bonds. The Labute approximate surface area is 155 Å². The third kappa shape index (κ3) is 3.13. The topological polar surface area (TPSA) is 56.5 Å². The fraction of sp³-hybridized carbons (Fsp3) is 0.0435. The fourth-order valence-corrected chi connectivity index (χ4v) is 3.14. The molecule has 0 spiro atoms. The van der Waals surface area contributed by atoms with Crippen LogP contribution in [0, 0.1) is 0 Å². The number of ketones is 1. The minimum Gasteiger partial charge on any atom is -0.496 e. The minimum absolute atomic E-state index is 0.192. The Hall–Kier alpha value is -3.66.